The van der Waals surface area contributed by atoms with Gasteiger partial charge in [-0.3, -0.25) is 4.79 Å². The van der Waals surface area contributed by atoms with E-state index in [1.807, 2.05) is 12.1 Å². The minimum Gasteiger partial charge on any atom is -0.326 e. The van der Waals surface area contributed by atoms with Crippen molar-refractivity contribution in [2.75, 3.05) is 5.32 Å². The molecule has 0 saturated heterocycles. The lowest BCUT2D eigenvalue weighted by molar-refractivity contribution is -0.120. The van der Waals surface area contributed by atoms with E-state index in [-0.39, 0.29) is 11.8 Å². The smallest absolute Gasteiger partial charge is 0.227 e. The van der Waals surface area contributed by atoms with Crippen LogP contribution in [0.25, 0.3) is 0 Å². The number of carbonyl (C=O) groups excluding carboxylic acids is 1. The molecule has 2 nitrogen and oxygen atoms in total. The van der Waals surface area contributed by atoms with Crippen LogP contribution < -0.4 is 5.32 Å². The highest BCUT2D eigenvalue weighted by atomic mass is 16.1. The van der Waals surface area contributed by atoms with Crippen molar-refractivity contribution in [3.8, 4) is 0 Å². The molecule has 92 valence electrons. The fourth-order valence-electron chi connectivity index (χ4n) is 2.49. The highest BCUT2D eigenvalue weighted by molar-refractivity contribution is 5.93. The summed E-state index contributed by atoms with van der Waals surface area (Å²) in [4.78, 5) is 12.1. The standard InChI is InChI=1S/C15H21NO/c1-11-7-6-10-14(12(11)2)16-15(17)13-8-4-3-5-9-13/h6-7,10,13H,3-5,8-9H2,1-2H3,(H,16,17). The summed E-state index contributed by atoms with van der Waals surface area (Å²) in [6.07, 6.45) is 5.79. The molecule has 1 amide bonds. The Bertz CT molecular complexity index is 405. The number of benzene rings is 1. The van der Waals surface area contributed by atoms with E-state index in [0.717, 1.165) is 18.5 Å². The monoisotopic (exact) mass is 231 g/mol. The summed E-state index contributed by atoms with van der Waals surface area (Å²) in [5, 5.41) is 3.08. The number of nitrogens with one attached hydrogen (secondary N) is 1. The van der Waals surface area contributed by atoms with Crippen molar-refractivity contribution in [2.45, 2.75) is 46.0 Å². The van der Waals surface area contributed by atoms with Crippen molar-refractivity contribution >= 4 is 11.6 Å². The molecular formula is C15H21NO. The maximum absolute atomic E-state index is 12.1. The van der Waals surface area contributed by atoms with Gasteiger partial charge >= 0.3 is 0 Å². The molecule has 0 heterocycles. The highest BCUT2D eigenvalue weighted by Crippen LogP contribution is 2.26. The van der Waals surface area contributed by atoms with Gasteiger partial charge < -0.3 is 5.32 Å². The Labute approximate surface area is 103 Å². The molecule has 1 N–H and O–H groups in total. The second kappa shape index (κ2) is 5.35. The van der Waals surface area contributed by atoms with Gasteiger partial charge in [-0.1, -0.05) is 31.4 Å². The Morgan fingerprint density at radius 2 is 1.88 bits per heavy atom. The summed E-state index contributed by atoms with van der Waals surface area (Å²) < 4.78 is 0. The van der Waals surface area contributed by atoms with Gasteiger partial charge in [0, 0.05) is 11.6 Å². The number of carbonyl (C=O) groups is 1. The highest BCUT2D eigenvalue weighted by Gasteiger charge is 2.21. The molecule has 1 aliphatic carbocycles. The van der Waals surface area contributed by atoms with E-state index in [1.165, 1.54) is 30.4 Å². The third-order valence-electron chi connectivity index (χ3n) is 3.84. The van der Waals surface area contributed by atoms with Crippen molar-refractivity contribution in [2.24, 2.45) is 5.92 Å². The minimum absolute atomic E-state index is 0.207. The lowest BCUT2D eigenvalue weighted by atomic mass is 9.88. The zero-order valence-electron chi connectivity index (χ0n) is 10.8. The molecule has 0 spiro atoms. The zero-order valence-corrected chi connectivity index (χ0v) is 10.8. The van der Waals surface area contributed by atoms with Crippen LogP contribution in [-0.2, 0) is 4.79 Å². The first kappa shape index (κ1) is 12.2. The molecule has 0 radical (unpaired) electrons. The molecule has 1 aromatic rings. The van der Waals surface area contributed by atoms with Gasteiger partial charge in [0.1, 0.15) is 0 Å². The van der Waals surface area contributed by atoms with Crippen LogP contribution in [0.5, 0.6) is 0 Å². The van der Waals surface area contributed by atoms with E-state index >= 15 is 0 Å². The first-order valence-electron chi connectivity index (χ1n) is 6.55. The molecule has 0 bridgehead atoms. The molecule has 1 saturated carbocycles. The minimum atomic E-state index is 0.207. The predicted molar refractivity (Wildman–Crippen MR) is 71.1 cm³/mol. The maximum atomic E-state index is 12.1. The molecule has 1 aliphatic rings. The summed E-state index contributed by atoms with van der Waals surface area (Å²) in [5.74, 6) is 0.432. The lowest BCUT2D eigenvalue weighted by Crippen LogP contribution is -2.25. The predicted octanol–water partition coefficient (Wildman–Crippen LogP) is 3.82. The SMILES string of the molecule is Cc1cccc(NC(=O)C2CCCCC2)c1C. The van der Waals surface area contributed by atoms with Crippen LogP contribution in [0, 0.1) is 19.8 Å². The van der Waals surface area contributed by atoms with Crippen LogP contribution in [0.4, 0.5) is 5.69 Å². The number of anilines is 1. The molecule has 2 heteroatoms. The Morgan fingerprint density at radius 3 is 2.59 bits per heavy atom. The van der Waals surface area contributed by atoms with E-state index in [1.54, 1.807) is 0 Å². The summed E-state index contributed by atoms with van der Waals surface area (Å²) in [6, 6.07) is 6.06. The molecule has 0 aliphatic heterocycles. The van der Waals surface area contributed by atoms with Crippen LogP contribution in [0.2, 0.25) is 0 Å². The van der Waals surface area contributed by atoms with Crippen LogP contribution in [0.15, 0.2) is 18.2 Å². The lowest BCUT2D eigenvalue weighted by Gasteiger charge is -2.21. The van der Waals surface area contributed by atoms with E-state index in [4.69, 9.17) is 0 Å². The molecule has 0 unspecified atom stereocenters. The zero-order chi connectivity index (χ0) is 12.3. The second-order valence-corrected chi connectivity index (χ2v) is 5.07. The van der Waals surface area contributed by atoms with Crippen LogP contribution in [0.3, 0.4) is 0 Å². The average Bonchev–Trinajstić information content (AvgIpc) is 2.36. The van der Waals surface area contributed by atoms with Crippen molar-refractivity contribution in [1.29, 1.82) is 0 Å². The van der Waals surface area contributed by atoms with Gasteiger partial charge in [0.15, 0.2) is 0 Å². The van der Waals surface area contributed by atoms with Crippen LogP contribution in [-0.4, -0.2) is 5.91 Å². The van der Waals surface area contributed by atoms with Crippen molar-refractivity contribution in [3.63, 3.8) is 0 Å². The Kier molecular flexibility index (Phi) is 3.82. The average molecular weight is 231 g/mol. The maximum Gasteiger partial charge on any atom is 0.227 e. The van der Waals surface area contributed by atoms with E-state index in [9.17, 15) is 4.79 Å². The van der Waals surface area contributed by atoms with Crippen molar-refractivity contribution < 1.29 is 4.79 Å². The summed E-state index contributed by atoms with van der Waals surface area (Å²) in [6.45, 7) is 4.14. The fourth-order valence-corrected chi connectivity index (χ4v) is 2.49. The number of aryl methyl sites for hydroxylation is 1. The van der Waals surface area contributed by atoms with Gasteiger partial charge in [-0.05, 0) is 43.9 Å². The molecule has 0 atom stereocenters. The first-order valence-corrected chi connectivity index (χ1v) is 6.55. The molecule has 1 fully saturated rings. The topological polar surface area (TPSA) is 29.1 Å². The third kappa shape index (κ3) is 2.87. The quantitative estimate of drug-likeness (QED) is 0.823. The van der Waals surface area contributed by atoms with Gasteiger partial charge in [-0.2, -0.15) is 0 Å². The number of amides is 1. The Morgan fingerprint density at radius 1 is 1.18 bits per heavy atom. The summed E-state index contributed by atoms with van der Waals surface area (Å²) in [7, 11) is 0. The number of hydrogen-bond acceptors (Lipinski definition) is 1. The van der Waals surface area contributed by atoms with Gasteiger partial charge in [0.05, 0.1) is 0 Å². The van der Waals surface area contributed by atoms with E-state index < -0.39 is 0 Å². The van der Waals surface area contributed by atoms with Crippen LogP contribution in [0.1, 0.15) is 43.2 Å². The van der Waals surface area contributed by atoms with Crippen molar-refractivity contribution in [1.82, 2.24) is 0 Å². The fraction of sp³-hybridized carbons (Fsp3) is 0.533. The van der Waals surface area contributed by atoms with Gasteiger partial charge in [-0.15, -0.1) is 0 Å². The number of hydrogen-bond donors (Lipinski definition) is 1. The molecule has 1 aromatic carbocycles. The van der Waals surface area contributed by atoms with Gasteiger partial charge in [-0.25, -0.2) is 0 Å². The van der Waals surface area contributed by atoms with Gasteiger partial charge in [0.2, 0.25) is 5.91 Å². The second-order valence-electron chi connectivity index (χ2n) is 5.07. The van der Waals surface area contributed by atoms with Crippen molar-refractivity contribution in [3.05, 3.63) is 29.3 Å². The molecule has 2 rings (SSSR count). The third-order valence-corrected chi connectivity index (χ3v) is 3.84. The van der Waals surface area contributed by atoms with E-state index in [0.29, 0.717) is 0 Å². The number of rotatable bonds is 2. The first-order chi connectivity index (χ1) is 8.18. The Balaban J connectivity index is 2.04. The molecule has 17 heavy (non-hydrogen) atoms. The molecule has 0 aromatic heterocycles. The normalized spacial score (nSPS) is 16.8. The summed E-state index contributed by atoms with van der Waals surface area (Å²) >= 11 is 0. The Hall–Kier alpha value is -1.31. The van der Waals surface area contributed by atoms with Gasteiger partial charge in [0.25, 0.3) is 0 Å². The van der Waals surface area contributed by atoms with Crippen LogP contribution >= 0.6 is 0 Å². The molecular weight excluding hydrogens is 210 g/mol. The van der Waals surface area contributed by atoms with E-state index in [2.05, 4.69) is 25.2 Å². The largest absolute Gasteiger partial charge is 0.326 e. The summed E-state index contributed by atoms with van der Waals surface area (Å²) in [5.41, 5.74) is 3.38.